The highest BCUT2D eigenvalue weighted by molar-refractivity contribution is 5.72. The first-order chi connectivity index (χ1) is 14.9. The first-order valence-electron chi connectivity index (χ1n) is 9.76. The Balaban J connectivity index is 2.01. The van der Waals surface area contributed by atoms with Gasteiger partial charge in [0.25, 0.3) is 0 Å². The van der Waals surface area contributed by atoms with Crippen molar-refractivity contribution < 1.29 is 48.3 Å². The molecule has 1 saturated heterocycles. The Morgan fingerprint density at radius 1 is 1.26 bits per heavy atom. The molecule has 1 aromatic rings. The fourth-order valence-corrected chi connectivity index (χ4v) is 2.78. The molecular formula is C20H27NO10. The number of benzene rings is 1. The zero-order chi connectivity index (χ0) is 22.6. The predicted octanol–water partition coefficient (Wildman–Crippen LogP) is 0.221. The number of esters is 1. The van der Waals surface area contributed by atoms with Crippen molar-refractivity contribution in [2.45, 2.75) is 44.9 Å². The first-order valence-corrected chi connectivity index (χ1v) is 9.76. The normalized spacial score (nSPS) is 20.5. The summed E-state index contributed by atoms with van der Waals surface area (Å²) >= 11 is 0. The van der Waals surface area contributed by atoms with Crippen LogP contribution in [0, 0.1) is 0 Å². The van der Waals surface area contributed by atoms with Gasteiger partial charge in [0.15, 0.2) is 6.10 Å². The molecule has 1 heterocycles. The van der Waals surface area contributed by atoms with E-state index in [-0.39, 0.29) is 31.8 Å². The molecule has 172 valence electrons. The molecule has 0 saturated carbocycles. The molecule has 11 nitrogen and oxygen atoms in total. The summed E-state index contributed by atoms with van der Waals surface area (Å²) in [4.78, 5) is 32.5. The molecule has 0 radical (unpaired) electrons. The molecule has 1 aliphatic rings. The molecule has 3 N–H and O–H groups in total. The lowest BCUT2D eigenvalue weighted by Gasteiger charge is -2.31. The quantitative estimate of drug-likeness (QED) is 0.220. The van der Waals surface area contributed by atoms with Crippen molar-refractivity contribution in [2.24, 2.45) is 0 Å². The van der Waals surface area contributed by atoms with Gasteiger partial charge in [-0.05, 0) is 12.1 Å². The van der Waals surface area contributed by atoms with Crippen LogP contribution >= 0.6 is 0 Å². The average molecular weight is 441 g/mol. The maximum absolute atomic E-state index is 11.2. The summed E-state index contributed by atoms with van der Waals surface area (Å²) in [6, 6.07) is 4.87. The molecule has 3 atom stereocenters. The van der Waals surface area contributed by atoms with Crippen LogP contribution in [0.15, 0.2) is 18.2 Å². The number of ether oxygens (including phenoxy) is 5. The number of carboxylic acid groups (broad SMARTS) is 1. The summed E-state index contributed by atoms with van der Waals surface area (Å²) in [5.41, 5.74) is 0.522. The number of aliphatic hydroxyl groups excluding tert-OH is 1. The number of carbonyl (C=O) groups excluding carboxylic acids is 2. The standard InChI is InChI=1S/C20H27NO10/c1-13(23)29-11-14-2-3-16(28-7-6-27-5-4-21-12-22)10-17(14)30-19-9-15(24)8-18(31-19)20(25)26/h2-3,10,12,15,18-19,24H,4-9,11H2,1H3,(H,21,22)(H,25,26). The lowest BCUT2D eigenvalue weighted by Crippen LogP contribution is -2.42. The van der Waals surface area contributed by atoms with Crippen LogP contribution in [0.25, 0.3) is 0 Å². The van der Waals surface area contributed by atoms with Crippen molar-refractivity contribution >= 4 is 18.3 Å². The molecule has 0 bridgehead atoms. The van der Waals surface area contributed by atoms with E-state index in [4.69, 9.17) is 23.7 Å². The largest absolute Gasteiger partial charge is 0.491 e. The predicted molar refractivity (Wildman–Crippen MR) is 104 cm³/mol. The Kier molecular flexibility index (Phi) is 10.0. The van der Waals surface area contributed by atoms with Gasteiger partial charge < -0.3 is 39.2 Å². The number of carboxylic acids is 1. The Morgan fingerprint density at radius 3 is 2.77 bits per heavy atom. The molecule has 0 aromatic heterocycles. The Labute approximate surface area is 179 Å². The zero-order valence-corrected chi connectivity index (χ0v) is 17.2. The lowest BCUT2D eigenvalue weighted by molar-refractivity contribution is -0.195. The van der Waals surface area contributed by atoms with E-state index in [1.807, 2.05) is 0 Å². The van der Waals surface area contributed by atoms with Crippen LogP contribution in [0.1, 0.15) is 25.3 Å². The summed E-state index contributed by atoms with van der Waals surface area (Å²) in [5.74, 6) is -0.934. The van der Waals surface area contributed by atoms with Crippen LogP contribution in [0.2, 0.25) is 0 Å². The summed E-state index contributed by atoms with van der Waals surface area (Å²) < 4.78 is 27.1. The van der Waals surface area contributed by atoms with Gasteiger partial charge in [0.05, 0.1) is 19.3 Å². The summed E-state index contributed by atoms with van der Waals surface area (Å²) in [5, 5.41) is 21.6. The van der Waals surface area contributed by atoms with Gasteiger partial charge in [0.1, 0.15) is 24.7 Å². The second-order valence-electron chi connectivity index (χ2n) is 6.72. The SMILES string of the molecule is CC(=O)OCc1ccc(OCCOCCNC=O)cc1OC1CC(O)CC(C(=O)O)O1. The minimum Gasteiger partial charge on any atom is -0.491 e. The van der Waals surface area contributed by atoms with E-state index in [1.165, 1.54) is 6.92 Å². The summed E-state index contributed by atoms with van der Waals surface area (Å²) in [6.07, 6.45) is -2.42. The third-order valence-electron chi connectivity index (χ3n) is 4.24. The number of rotatable bonds is 13. The molecule has 11 heteroatoms. The van der Waals surface area contributed by atoms with Crippen LogP contribution in [0.3, 0.4) is 0 Å². The van der Waals surface area contributed by atoms with Crippen LogP contribution in [-0.2, 0) is 35.2 Å². The van der Waals surface area contributed by atoms with Crippen LogP contribution in [0.4, 0.5) is 0 Å². The van der Waals surface area contributed by atoms with Gasteiger partial charge in [0, 0.05) is 37.9 Å². The van der Waals surface area contributed by atoms with Gasteiger partial charge in [-0.1, -0.05) is 0 Å². The Hall–Kier alpha value is -2.89. The van der Waals surface area contributed by atoms with E-state index in [9.17, 15) is 24.6 Å². The fraction of sp³-hybridized carbons (Fsp3) is 0.550. The monoisotopic (exact) mass is 441 g/mol. The third-order valence-corrected chi connectivity index (χ3v) is 4.24. The molecule has 31 heavy (non-hydrogen) atoms. The van der Waals surface area contributed by atoms with Crippen molar-refractivity contribution in [1.29, 1.82) is 0 Å². The Morgan fingerprint density at radius 2 is 2.06 bits per heavy atom. The maximum Gasteiger partial charge on any atom is 0.333 e. The molecule has 1 aromatic carbocycles. The van der Waals surface area contributed by atoms with Crippen molar-refractivity contribution in [3.63, 3.8) is 0 Å². The molecule has 3 unspecified atom stereocenters. The molecule has 0 aliphatic carbocycles. The van der Waals surface area contributed by atoms with E-state index in [1.54, 1.807) is 18.2 Å². The number of hydrogen-bond donors (Lipinski definition) is 3. The highest BCUT2D eigenvalue weighted by Crippen LogP contribution is 2.30. The van der Waals surface area contributed by atoms with Gasteiger partial charge in [-0.2, -0.15) is 0 Å². The Bertz CT molecular complexity index is 741. The second kappa shape index (κ2) is 12.7. The van der Waals surface area contributed by atoms with Crippen molar-refractivity contribution in [3.8, 4) is 11.5 Å². The van der Waals surface area contributed by atoms with E-state index in [2.05, 4.69) is 5.32 Å². The molecule has 0 spiro atoms. The third kappa shape index (κ3) is 8.79. The van der Waals surface area contributed by atoms with Crippen molar-refractivity contribution in [1.82, 2.24) is 5.32 Å². The second-order valence-corrected chi connectivity index (χ2v) is 6.72. The fourth-order valence-electron chi connectivity index (χ4n) is 2.78. The molecule has 1 fully saturated rings. The summed E-state index contributed by atoms with van der Waals surface area (Å²) in [7, 11) is 0. The van der Waals surface area contributed by atoms with Gasteiger partial charge in [0.2, 0.25) is 12.7 Å². The number of amides is 1. The number of aliphatic carboxylic acids is 1. The maximum atomic E-state index is 11.2. The summed E-state index contributed by atoms with van der Waals surface area (Å²) in [6.45, 7) is 2.50. The molecule has 1 aliphatic heterocycles. The van der Waals surface area contributed by atoms with Crippen molar-refractivity contribution in [3.05, 3.63) is 23.8 Å². The molecular weight excluding hydrogens is 414 g/mol. The highest BCUT2D eigenvalue weighted by Gasteiger charge is 2.34. The topological polar surface area (TPSA) is 150 Å². The van der Waals surface area contributed by atoms with E-state index in [0.717, 1.165) is 0 Å². The van der Waals surface area contributed by atoms with Gasteiger partial charge >= 0.3 is 11.9 Å². The van der Waals surface area contributed by atoms with E-state index in [0.29, 0.717) is 37.5 Å². The first kappa shape index (κ1) is 24.4. The van der Waals surface area contributed by atoms with Crippen molar-refractivity contribution in [2.75, 3.05) is 26.4 Å². The van der Waals surface area contributed by atoms with E-state index >= 15 is 0 Å². The number of nitrogens with one attached hydrogen (secondary N) is 1. The van der Waals surface area contributed by atoms with Gasteiger partial charge in [-0.3, -0.25) is 9.59 Å². The highest BCUT2D eigenvalue weighted by atomic mass is 16.7. The zero-order valence-electron chi connectivity index (χ0n) is 17.2. The van der Waals surface area contributed by atoms with Gasteiger partial charge in [-0.15, -0.1) is 0 Å². The number of aliphatic hydroxyl groups is 1. The smallest absolute Gasteiger partial charge is 0.333 e. The minimum atomic E-state index is -1.19. The number of carbonyl (C=O) groups is 3. The lowest BCUT2D eigenvalue weighted by atomic mass is 10.1. The average Bonchev–Trinajstić information content (AvgIpc) is 2.72. The van der Waals surface area contributed by atoms with Crippen LogP contribution < -0.4 is 14.8 Å². The molecule has 2 rings (SSSR count). The number of hydrogen-bond acceptors (Lipinski definition) is 9. The van der Waals surface area contributed by atoms with Crippen LogP contribution in [-0.4, -0.2) is 73.4 Å². The van der Waals surface area contributed by atoms with Crippen LogP contribution in [0.5, 0.6) is 11.5 Å². The van der Waals surface area contributed by atoms with Gasteiger partial charge in [-0.25, -0.2) is 4.79 Å². The molecule has 1 amide bonds. The minimum absolute atomic E-state index is 0.0268. The van der Waals surface area contributed by atoms with E-state index < -0.39 is 30.4 Å².